The molecule has 2 aliphatic carbocycles. The van der Waals surface area contributed by atoms with Gasteiger partial charge in [-0.3, -0.25) is 4.90 Å². The van der Waals surface area contributed by atoms with Crippen molar-refractivity contribution in [3.8, 4) is 0 Å². The van der Waals surface area contributed by atoms with E-state index in [9.17, 15) is 4.79 Å². The smallest absolute Gasteiger partial charge is 0.407 e. The van der Waals surface area contributed by atoms with Crippen molar-refractivity contribution in [1.82, 2.24) is 14.6 Å². The van der Waals surface area contributed by atoms with E-state index in [0.29, 0.717) is 6.04 Å². The number of ether oxygens (including phenoxy) is 1. The van der Waals surface area contributed by atoms with Gasteiger partial charge in [0.05, 0.1) is 4.70 Å². The fourth-order valence-corrected chi connectivity index (χ4v) is 5.56. The minimum absolute atomic E-state index is 0.122. The van der Waals surface area contributed by atoms with Crippen molar-refractivity contribution in [2.24, 2.45) is 5.92 Å². The second-order valence-electron chi connectivity index (χ2n) is 9.09. The van der Waals surface area contributed by atoms with Gasteiger partial charge in [-0.15, -0.1) is 0 Å². The molecule has 0 bridgehead atoms. The van der Waals surface area contributed by atoms with Crippen LogP contribution in [-0.2, 0) is 4.74 Å². The number of hydrogen-bond acceptors (Lipinski definition) is 6. The molecule has 162 valence electrons. The molecule has 1 aromatic heterocycles. The first-order valence-corrected chi connectivity index (χ1v) is 12.3. The number of alkyl carbamates (subject to hydrolysis) is 1. The van der Waals surface area contributed by atoms with E-state index in [-0.39, 0.29) is 12.2 Å². The van der Waals surface area contributed by atoms with E-state index in [1.54, 1.807) is 11.5 Å². The Morgan fingerprint density at radius 2 is 1.83 bits per heavy atom. The molecule has 2 heterocycles. The lowest BCUT2D eigenvalue weighted by atomic mass is 9.85. The van der Waals surface area contributed by atoms with Crippen molar-refractivity contribution in [1.29, 1.82) is 0 Å². The van der Waals surface area contributed by atoms with Crippen LogP contribution in [0, 0.1) is 5.92 Å². The SMILES string of the molecule is O=C(NC1CC1)O[C@H]1CC[C@H](CCN2CCN(c3nsc4ccccc34)CC2)CC1. The Labute approximate surface area is 182 Å². The largest absolute Gasteiger partial charge is 0.446 e. The molecule has 1 aromatic carbocycles. The van der Waals surface area contributed by atoms with Crippen LogP contribution >= 0.6 is 11.5 Å². The van der Waals surface area contributed by atoms with E-state index in [4.69, 9.17) is 9.11 Å². The molecule has 7 heteroatoms. The molecule has 6 nitrogen and oxygen atoms in total. The molecule has 0 unspecified atom stereocenters. The van der Waals surface area contributed by atoms with Gasteiger partial charge in [0.15, 0.2) is 0 Å². The highest BCUT2D eigenvalue weighted by Crippen LogP contribution is 2.31. The van der Waals surface area contributed by atoms with Crippen LogP contribution in [0.1, 0.15) is 44.9 Å². The normalized spacial score (nSPS) is 25.4. The number of fused-ring (bicyclic) bond motifs is 1. The third-order valence-electron chi connectivity index (χ3n) is 6.85. The predicted molar refractivity (Wildman–Crippen MR) is 121 cm³/mol. The molecule has 1 saturated heterocycles. The van der Waals surface area contributed by atoms with E-state index in [1.165, 1.54) is 41.7 Å². The number of amides is 1. The van der Waals surface area contributed by atoms with Gasteiger partial charge >= 0.3 is 6.09 Å². The number of rotatable bonds is 6. The second-order valence-corrected chi connectivity index (χ2v) is 9.89. The Morgan fingerprint density at radius 3 is 2.60 bits per heavy atom. The highest BCUT2D eigenvalue weighted by molar-refractivity contribution is 7.13. The summed E-state index contributed by atoms with van der Waals surface area (Å²) < 4.78 is 11.6. The van der Waals surface area contributed by atoms with Crippen molar-refractivity contribution >= 4 is 33.5 Å². The van der Waals surface area contributed by atoms with Crippen molar-refractivity contribution in [3.63, 3.8) is 0 Å². The highest BCUT2D eigenvalue weighted by atomic mass is 32.1. The van der Waals surface area contributed by atoms with Gasteiger partial charge in [0.1, 0.15) is 11.9 Å². The first-order valence-electron chi connectivity index (χ1n) is 11.5. The summed E-state index contributed by atoms with van der Waals surface area (Å²) in [6.45, 7) is 5.54. The fraction of sp³-hybridized carbons (Fsp3) is 0.652. The van der Waals surface area contributed by atoms with E-state index >= 15 is 0 Å². The minimum Gasteiger partial charge on any atom is -0.446 e. The first-order chi connectivity index (χ1) is 14.7. The summed E-state index contributed by atoms with van der Waals surface area (Å²) >= 11 is 1.61. The highest BCUT2D eigenvalue weighted by Gasteiger charge is 2.28. The molecule has 1 amide bonds. The standard InChI is InChI=1S/C23H32N4O2S/c28-23(24-18-7-8-18)29-19-9-5-17(6-10-19)11-12-26-13-15-27(16-14-26)22-20-3-1-2-4-21(20)30-25-22/h1-4,17-19H,5-16H2,(H,24,28)/t17-,19-. The van der Waals surface area contributed by atoms with Gasteiger partial charge in [-0.2, -0.15) is 4.37 Å². The van der Waals surface area contributed by atoms with E-state index in [1.807, 2.05) is 0 Å². The second kappa shape index (κ2) is 9.10. The van der Waals surface area contributed by atoms with Crippen LogP contribution in [0.2, 0.25) is 0 Å². The molecule has 2 saturated carbocycles. The van der Waals surface area contributed by atoms with E-state index < -0.39 is 0 Å². The van der Waals surface area contributed by atoms with Crippen molar-refractivity contribution in [3.05, 3.63) is 24.3 Å². The lowest BCUT2D eigenvalue weighted by Gasteiger charge is -2.36. The van der Waals surface area contributed by atoms with Crippen molar-refractivity contribution < 1.29 is 9.53 Å². The van der Waals surface area contributed by atoms with E-state index in [0.717, 1.165) is 57.8 Å². The fourth-order valence-electron chi connectivity index (χ4n) is 4.77. The molecule has 5 rings (SSSR count). The van der Waals surface area contributed by atoms with Gasteiger partial charge in [0, 0.05) is 37.6 Å². The Kier molecular flexibility index (Phi) is 6.09. The van der Waals surface area contributed by atoms with Crippen LogP contribution in [0.3, 0.4) is 0 Å². The van der Waals surface area contributed by atoms with E-state index in [2.05, 4.69) is 39.4 Å². The average molecular weight is 429 g/mol. The van der Waals surface area contributed by atoms with Gasteiger partial charge in [-0.25, -0.2) is 4.79 Å². The van der Waals surface area contributed by atoms with Gasteiger partial charge in [-0.1, -0.05) is 12.1 Å². The van der Waals surface area contributed by atoms with Crippen LogP contribution in [0.25, 0.3) is 10.1 Å². The van der Waals surface area contributed by atoms with Gasteiger partial charge in [0.2, 0.25) is 0 Å². The monoisotopic (exact) mass is 428 g/mol. The number of benzene rings is 1. The molecule has 3 fully saturated rings. The zero-order valence-electron chi connectivity index (χ0n) is 17.6. The number of nitrogens with zero attached hydrogens (tertiary/aromatic N) is 3. The topological polar surface area (TPSA) is 57.7 Å². The zero-order chi connectivity index (χ0) is 20.3. The summed E-state index contributed by atoms with van der Waals surface area (Å²) in [6, 6.07) is 8.92. The van der Waals surface area contributed by atoms with Gasteiger partial charge in [0.25, 0.3) is 0 Å². The van der Waals surface area contributed by atoms with Crippen LogP contribution in [0.15, 0.2) is 24.3 Å². The summed E-state index contributed by atoms with van der Waals surface area (Å²) in [6.07, 6.45) is 7.82. The van der Waals surface area contributed by atoms with Crippen LogP contribution < -0.4 is 10.2 Å². The number of piperazine rings is 1. The van der Waals surface area contributed by atoms with Crippen LogP contribution in [-0.4, -0.2) is 60.2 Å². The molecule has 2 aromatic rings. The van der Waals surface area contributed by atoms with Crippen molar-refractivity contribution in [2.45, 2.75) is 57.1 Å². The van der Waals surface area contributed by atoms with Crippen LogP contribution in [0.4, 0.5) is 10.6 Å². The maximum Gasteiger partial charge on any atom is 0.407 e. The summed E-state index contributed by atoms with van der Waals surface area (Å²) in [7, 11) is 0. The third kappa shape index (κ3) is 4.89. The lowest BCUT2D eigenvalue weighted by molar-refractivity contribution is 0.0612. The quantitative estimate of drug-likeness (QED) is 0.745. The molecule has 1 N–H and O–H groups in total. The number of nitrogens with one attached hydrogen (secondary N) is 1. The molecule has 0 radical (unpaired) electrons. The van der Waals surface area contributed by atoms with Crippen molar-refractivity contribution in [2.75, 3.05) is 37.6 Å². The van der Waals surface area contributed by atoms with Crippen LogP contribution in [0.5, 0.6) is 0 Å². The Morgan fingerprint density at radius 1 is 1.07 bits per heavy atom. The number of aromatic nitrogens is 1. The molecule has 0 atom stereocenters. The first kappa shape index (κ1) is 20.1. The van der Waals surface area contributed by atoms with Gasteiger partial charge in [-0.05, 0) is 81.1 Å². The molecule has 30 heavy (non-hydrogen) atoms. The zero-order valence-corrected chi connectivity index (χ0v) is 18.4. The summed E-state index contributed by atoms with van der Waals surface area (Å²) in [4.78, 5) is 16.9. The third-order valence-corrected chi connectivity index (χ3v) is 7.67. The lowest BCUT2D eigenvalue weighted by Crippen LogP contribution is -2.47. The predicted octanol–water partition coefficient (Wildman–Crippen LogP) is 4.26. The number of carbonyl (C=O) groups is 1. The summed E-state index contributed by atoms with van der Waals surface area (Å²) in [5, 5.41) is 4.22. The number of hydrogen-bond donors (Lipinski definition) is 1. The van der Waals surface area contributed by atoms with Gasteiger partial charge < -0.3 is 15.0 Å². The minimum atomic E-state index is -0.202. The maximum atomic E-state index is 11.8. The summed E-state index contributed by atoms with van der Waals surface area (Å²) in [5.41, 5.74) is 0. The maximum absolute atomic E-state index is 11.8. The molecular weight excluding hydrogens is 396 g/mol. The molecule has 3 aliphatic rings. The Hall–Kier alpha value is -1.86. The Balaban J connectivity index is 1.01. The molecule has 0 spiro atoms. The number of anilines is 1. The molecular formula is C23H32N4O2S. The molecule has 1 aliphatic heterocycles. The average Bonchev–Trinajstić information content (AvgIpc) is 3.48. The summed E-state index contributed by atoms with van der Waals surface area (Å²) in [5.74, 6) is 1.94. The Bertz CT molecular complexity index is 852. The number of carbonyl (C=O) groups excluding carboxylic acids is 1.